The number of hydrogen-bond acceptors (Lipinski definition) is 6. The fourth-order valence-corrected chi connectivity index (χ4v) is 3.73. The van der Waals surface area contributed by atoms with Crippen LogP contribution >= 0.6 is 11.8 Å². The van der Waals surface area contributed by atoms with Crippen LogP contribution in [0.2, 0.25) is 0 Å². The Labute approximate surface area is 158 Å². The second kappa shape index (κ2) is 9.07. The lowest BCUT2D eigenvalue weighted by atomic mass is 9.86. The lowest BCUT2D eigenvalue weighted by molar-refractivity contribution is -0.119. The van der Waals surface area contributed by atoms with Crippen molar-refractivity contribution in [2.24, 2.45) is 5.92 Å². The van der Waals surface area contributed by atoms with Crippen LogP contribution in [-0.2, 0) is 4.79 Å². The number of amides is 1. The Morgan fingerprint density at radius 1 is 1.27 bits per heavy atom. The predicted molar refractivity (Wildman–Crippen MR) is 101 cm³/mol. The lowest BCUT2D eigenvalue weighted by Gasteiger charge is -2.29. The van der Waals surface area contributed by atoms with Crippen molar-refractivity contribution in [2.75, 3.05) is 12.4 Å². The first kappa shape index (κ1) is 18.8. The minimum absolute atomic E-state index is 0.0227. The first-order valence-corrected chi connectivity index (χ1v) is 10.1. The van der Waals surface area contributed by atoms with E-state index >= 15 is 0 Å². The van der Waals surface area contributed by atoms with Crippen LogP contribution in [0.15, 0.2) is 33.9 Å². The van der Waals surface area contributed by atoms with Crippen molar-refractivity contribution in [3.63, 3.8) is 0 Å². The molecular weight excluding hydrogens is 350 g/mol. The van der Waals surface area contributed by atoms with Gasteiger partial charge in [-0.05, 0) is 49.9 Å². The number of carbonyl (C=O) groups excluding carboxylic acids is 1. The Balaban J connectivity index is 1.51. The van der Waals surface area contributed by atoms with Crippen LogP contribution in [0.5, 0.6) is 5.75 Å². The standard InChI is InChI=1S/C19H25N3O3S/c1-3-24-15-10-8-14(9-11-15)18-21-22-19(25-18)26-12-17(23)20-16-7-5-4-6-13(16)2/h8-11,13,16H,3-7,12H2,1-2H3,(H,20,23)/t13-,16-/m1/s1. The van der Waals surface area contributed by atoms with Crippen LogP contribution < -0.4 is 10.1 Å². The van der Waals surface area contributed by atoms with Crippen molar-refractivity contribution in [2.45, 2.75) is 50.8 Å². The van der Waals surface area contributed by atoms with Crippen molar-refractivity contribution < 1.29 is 13.9 Å². The van der Waals surface area contributed by atoms with E-state index < -0.39 is 0 Å². The number of rotatable bonds is 7. The highest BCUT2D eigenvalue weighted by Crippen LogP contribution is 2.26. The molecule has 2 atom stereocenters. The molecule has 1 aromatic carbocycles. The summed E-state index contributed by atoms with van der Waals surface area (Å²) in [5.41, 5.74) is 0.827. The third-order valence-electron chi connectivity index (χ3n) is 4.60. The molecule has 1 aliphatic rings. The quantitative estimate of drug-likeness (QED) is 0.739. The van der Waals surface area contributed by atoms with E-state index in [0.29, 0.717) is 29.7 Å². The van der Waals surface area contributed by atoms with E-state index in [0.717, 1.165) is 17.7 Å². The maximum atomic E-state index is 12.2. The van der Waals surface area contributed by atoms with E-state index in [9.17, 15) is 4.79 Å². The smallest absolute Gasteiger partial charge is 0.277 e. The van der Waals surface area contributed by atoms with E-state index in [1.54, 1.807) is 0 Å². The third kappa shape index (κ3) is 5.00. The largest absolute Gasteiger partial charge is 0.494 e. The summed E-state index contributed by atoms with van der Waals surface area (Å²) >= 11 is 1.27. The van der Waals surface area contributed by atoms with Gasteiger partial charge in [0, 0.05) is 11.6 Å². The number of hydrogen-bond donors (Lipinski definition) is 1. The average Bonchev–Trinajstić information content (AvgIpc) is 3.12. The van der Waals surface area contributed by atoms with Crippen molar-refractivity contribution in [3.05, 3.63) is 24.3 Å². The molecule has 1 amide bonds. The van der Waals surface area contributed by atoms with Gasteiger partial charge in [-0.2, -0.15) is 0 Å². The van der Waals surface area contributed by atoms with E-state index in [1.807, 2.05) is 31.2 Å². The highest BCUT2D eigenvalue weighted by Gasteiger charge is 2.23. The number of nitrogens with one attached hydrogen (secondary N) is 1. The Morgan fingerprint density at radius 2 is 2.04 bits per heavy atom. The molecule has 1 aromatic heterocycles. The van der Waals surface area contributed by atoms with Crippen molar-refractivity contribution in [1.29, 1.82) is 0 Å². The second-order valence-corrected chi connectivity index (χ2v) is 7.48. The molecule has 1 aliphatic carbocycles. The van der Waals surface area contributed by atoms with E-state index in [1.165, 1.54) is 31.0 Å². The van der Waals surface area contributed by atoms with Gasteiger partial charge in [0.05, 0.1) is 12.4 Å². The number of ether oxygens (including phenoxy) is 1. The highest BCUT2D eigenvalue weighted by molar-refractivity contribution is 7.99. The molecule has 0 unspecified atom stereocenters. The highest BCUT2D eigenvalue weighted by atomic mass is 32.2. The lowest BCUT2D eigenvalue weighted by Crippen LogP contribution is -2.41. The summed E-state index contributed by atoms with van der Waals surface area (Å²) in [6.45, 7) is 4.78. The molecule has 6 nitrogen and oxygen atoms in total. The van der Waals surface area contributed by atoms with Crippen LogP contribution in [0, 0.1) is 5.92 Å². The molecule has 3 rings (SSSR count). The molecule has 0 aliphatic heterocycles. The fraction of sp³-hybridized carbons (Fsp3) is 0.526. The topological polar surface area (TPSA) is 77.2 Å². The Kier molecular flexibility index (Phi) is 6.55. The number of nitrogens with zero attached hydrogens (tertiary/aromatic N) is 2. The maximum Gasteiger partial charge on any atom is 0.277 e. The molecule has 2 aromatic rings. The fourth-order valence-electron chi connectivity index (χ4n) is 3.15. The molecule has 0 spiro atoms. The average molecular weight is 375 g/mol. The predicted octanol–water partition coefficient (Wildman–Crippen LogP) is 3.92. The number of aromatic nitrogens is 2. The molecule has 1 heterocycles. The molecule has 1 N–H and O–H groups in total. The minimum Gasteiger partial charge on any atom is -0.494 e. The second-order valence-electron chi connectivity index (χ2n) is 6.55. The van der Waals surface area contributed by atoms with Gasteiger partial charge >= 0.3 is 0 Å². The molecule has 1 fully saturated rings. The molecule has 140 valence electrons. The van der Waals surface area contributed by atoms with Crippen molar-refractivity contribution >= 4 is 17.7 Å². The van der Waals surface area contributed by atoms with Gasteiger partial charge in [0.25, 0.3) is 5.22 Å². The monoisotopic (exact) mass is 375 g/mol. The van der Waals surface area contributed by atoms with Crippen LogP contribution in [-0.4, -0.2) is 34.5 Å². The first-order valence-electron chi connectivity index (χ1n) is 9.14. The zero-order valence-corrected chi connectivity index (χ0v) is 16.1. The van der Waals surface area contributed by atoms with Crippen LogP contribution in [0.3, 0.4) is 0 Å². The van der Waals surface area contributed by atoms with Gasteiger partial charge in [-0.3, -0.25) is 4.79 Å². The summed E-state index contributed by atoms with van der Waals surface area (Å²) in [7, 11) is 0. The third-order valence-corrected chi connectivity index (χ3v) is 5.42. The summed E-state index contributed by atoms with van der Waals surface area (Å²) < 4.78 is 11.1. The number of carbonyl (C=O) groups is 1. The van der Waals surface area contributed by atoms with Gasteiger partial charge in [0.15, 0.2) is 0 Å². The molecule has 0 saturated heterocycles. The number of thioether (sulfide) groups is 1. The molecule has 26 heavy (non-hydrogen) atoms. The van der Waals surface area contributed by atoms with Crippen molar-refractivity contribution in [1.82, 2.24) is 15.5 Å². The van der Waals surface area contributed by atoms with Gasteiger partial charge in [0.1, 0.15) is 5.75 Å². The van der Waals surface area contributed by atoms with Crippen molar-refractivity contribution in [3.8, 4) is 17.2 Å². The summed E-state index contributed by atoms with van der Waals surface area (Å²) in [6, 6.07) is 7.79. The van der Waals surface area contributed by atoms with Gasteiger partial charge in [-0.25, -0.2) is 0 Å². The molecular formula is C19H25N3O3S. The first-order chi connectivity index (χ1) is 12.7. The summed E-state index contributed by atoms with van der Waals surface area (Å²) in [5, 5.41) is 11.6. The molecule has 7 heteroatoms. The summed E-state index contributed by atoms with van der Waals surface area (Å²) in [5.74, 6) is 2.10. The number of benzene rings is 1. The Hall–Kier alpha value is -2.02. The van der Waals surface area contributed by atoms with Crippen LogP contribution in [0.25, 0.3) is 11.5 Å². The molecule has 0 bridgehead atoms. The zero-order chi connectivity index (χ0) is 18.4. The minimum atomic E-state index is 0.0227. The normalized spacial score (nSPS) is 19.9. The van der Waals surface area contributed by atoms with E-state index in [-0.39, 0.29) is 11.7 Å². The molecule has 1 saturated carbocycles. The Morgan fingerprint density at radius 3 is 2.77 bits per heavy atom. The zero-order valence-electron chi connectivity index (χ0n) is 15.2. The molecule has 0 radical (unpaired) electrons. The Bertz CT molecular complexity index is 717. The van der Waals surface area contributed by atoms with Crippen LogP contribution in [0.1, 0.15) is 39.5 Å². The van der Waals surface area contributed by atoms with Gasteiger partial charge in [-0.1, -0.05) is 31.5 Å². The van der Waals surface area contributed by atoms with Gasteiger partial charge in [-0.15, -0.1) is 10.2 Å². The maximum absolute atomic E-state index is 12.2. The summed E-state index contributed by atoms with van der Waals surface area (Å²) in [4.78, 5) is 12.2. The van der Waals surface area contributed by atoms with Gasteiger partial charge < -0.3 is 14.5 Å². The van der Waals surface area contributed by atoms with Crippen LogP contribution in [0.4, 0.5) is 0 Å². The SMILES string of the molecule is CCOc1ccc(-c2nnc(SCC(=O)N[C@@H]3CCCC[C@H]3C)o2)cc1. The summed E-state index contributed by atoms with van der Waals surface area (Å²) in [6.07, 6.45) is 4.71. The van der Waals surface area contributed by atoms with Gasteiger partial charge in [0.2, 0.25) is 11.8 Å². The van der Waals surface area contributed by atoms with E-state index in [4.69, 9.17) is 9.15 Å². The van der Waals surface area contributed by atoms with E-state index in [2.05, 4.69) is 22.4 Å².